The van der Waals surface area contributed by atoms with Crippen LogP contribution >= 0.6 is 23.2 Å². The molecule has 4 nitrogen and oxygen atoms in total. The van der Waals surface area contributed by atoms with E-state index in [2.05, 4.69) is 11.9 Å². The molecule has 3 aromatic rings. The minimum Gasteiger partial charge on any atom is -0.390 e. The molecule has 2 aromatic carbocycles. The molecule has 142 valence electrons. The maximum Gasteiger partial charge on any atom is 0.152 e. The molecule has 0 bridgehead atoms. The first-order chi connectivity index (χ1) is 13.5. The van der Waals surface area contributed by atoms with Crippen LogP contribution in [0.25, 0.3) is 17.3 Å². The normalized spacial score (nSPS) is 18.0. The van der Waals surface area contributed by atoms with Crippen LogP contribution in [-0.2, 0) is 6.42 Å². The number of nitrogens with one attached hydrogen (secondary N) is 1. The largest absolute Gasteiger partial charge is 0.390 e. The van der Waals surface area contributed by atoms with Gasteiger partial charge in [-0.2, -0.15) is 0 Å². The Kier molecular flexibility index (Phi) is 5.11. The molecular formula is C22H19Cl2N3O. The molecule has 2 atom stereocenters. The summed E-state index contributed by atoms with van der Waals surface area (Å²) in [6.07, 6.45) is 1.74. The number of hydrogen-bond acceptors (Lipinski definition) is 4. The fraction of sp³-hybridized carbons (Fsp3) is 0.182. The predicted octanol–water partition coefficient (Wildman–Crippen LogP) is 5.47. The highest BCUT2D eigenvalue weighted by Gasteiger charge is 2.31. The lowest BCUT2D eigenvalue weighted by Crippen LogP contribution is -2.22. The van der Waals surface area contributed by atoms with Crippen molar-refractivity contribution in [2.45, 2.75) is 25.5 Å². The second kappa shape index (κ2) is 7.55. The quantitative estimate of drug-likeness (QED) is 0.597. The molecule has 1 aromatic heterocycles. The molecule has 0 fully saturated rings. The molecule has 0 radical (unpaired) electrons. The summed E-state index contributed by atoms with van der Waals surface area (Å²) in [6, 6.07) is 13.1. The first-order valence-electron chi connectivity index (χ1n) is 8.97. The van der Waals surface area contributed by atoms with E-state index in [0.717, 1.165) is 22.4 Å². The fourth-order valence-electron chi connectivity index (χ4n) is 3.61. The number of aliphatic hydroxyl groups is 1. The van der Waals surface area contributed by atoms with E-state index in [-0.39, 0.29) is 6.04 Å². The van der Waals surface area contributed by atoms with E-state index in [4.69, 9.17) is 33.2 Å². The molecule has 28 heavy (non-hydrogen) atoms. The van der Waals surface area contributed by atoms with Gasteiger partial charge in [-0.15, -0.1) is 0 Å². The smallest absolute Gasteiger partial charge is 0.152 e. The second-order valence-corrected chi connectivity index (χ2v) is 7.66. The average molecular weight is 412 g/mol. The molecule has 1 aliphatic carbocycles. The monoisotopic (exact) mass is 411 g/mol. The predicted molar refractivity (Wildman–Crippen MR) is 115 cm³/mol. The first-order valence-corrected chi connectivity index (χ1v) is 9.72. The van der Waals surface area contributed by atoms with Crippen LogP contribution in [-0.4, -0.2) is 21.2 Å². The lowest BCUT2D eigenvalue weighted by Gasteiger charge is -2.21. The third kappa shape index (κ3) is 3.39. The lowest BCUT2D eigenvalue weighted by molar-refractivity contribution is 0.165. The summed E-state index contributed by atoms with van der Waals surface area (Å²) in [5.74, 6) is 0.585. The molecule has 1 aliphatic rings. The van der Waals surface area contributed by atoms with Crippen molar-refractivity contribution in [2.24, 2.45) is 0 Å². The van der Waals surface area contributed by atoms with E-state index in [9.17, 15) is 5.11 Å². The molecule has 0 spiro atoms. The zero-order chi connectivity index (χ0) is 19.8. The van der Waals surface area contributed by atoms with Gasteiger partial charge in [0.25, 0.3) is 0 Å². The van der Waals surface area contributed by atoms with Crippen molar-refractivity contribution < 1.29 is 5.11 Å². The van der Waals surface area contributed by atoms with Gasteiger partial charge in [-0.05, 0) is 42.3 Å². The Morgan fingerprint density at radius 3 is 2.71 bits per heavy atom. The Morgan fingerprint density at radius 1 is 1.18 bits per heavy atom. The van der Waals surface area contributed by atoms with Crippen molar-refractivity contribution in [3.63, 3.8) is 0 Å². The fourth-order valence-corrected chi connectivity index (χ4v) is 4.11. The van der Waals surface area contributed by atoms with E-state index in [1.165, 1.54) is 0 Å². The van der Waals surface area contributed by atoms with Crippen LogP contribution in [0.3, 0.4) is 0 Å². The van der Waals surface area contributed by atoms with Crippen molar-refractivity contribution in [3.8, 4) is 11.3 Å². The molecule has 2 N–H and O–H groups in total. The highest BCUT2D eigenvalue weighted by molar-refractivity contribution is 6.36. The average Bonchev–Trinajstić information content (AvgIpc) is 2.98. The summed E-state index contributed by atoms with van der Waals surface area (Å²) in [5.41, 5.74) is 4.98. The number of benzene rings is 2. The maximum absolute atomic E-state index is 10.5. The highest BCUT2D eigenvalue weighted by Crippen LogP contribution is 2.36. The van der Waals surface area contributed by atoms with Gasteiger partial charge < -0.3 is 10.4 Å². The van der Waals surface area contributed by atoms with Crippen LogP contribution < -0.4 is 5.32 Å². The van der Waals surface area contributed by atoms with E-state index in [1.54, 1.807) is 18.2 Å². The SMILES string of the molecule is C=Cc1nc(-c2ccc(Cl)cc2Cl)c(C)nc1N[C@@H]1c2ccccc2C[C@@H]1O. The molecule has 0 amide bonds. The molecule has 1 heterocycles. The van der Waals surface area contributed by atoms with E-state index in [1.807, 2.05) is 37.3 Å². The van der Waals surface area contributed by atoms with Gasteiger partial charge in [-0.25, -0.2) is 9.97 Å². The van der Waals surface area contributed by atoms with Gasteiger partial charge in [-0.1, -0.05) is 54.0 Å². The third-order valence-electron chi connectivity index (χ3n) is 4.97. The summed E-state index contributed by atoms with van der Waals surface area (Å²) < 4.78 is 0. The number of rotatable bonds is 4. The number of anilines is 1. The Balaban J connectivity index is 1.73. The molecule has 0 saturated carbocycles. The van der Waals surface area contributed by atoms with Crippen LogP contribution in [0.2, 0.25) is 10.0 Å². The topological polar surface area (TPSA) is 58.0 Å². The van der Waals surface area contributed by atoms with Gasteiger partial charge >= 0.3 is 0 Å². The number of aryl methyl sites for hydroxylation is 1. The summed E-state index contributed by atoms with van der Waals surface area (Å²) in [5, 5.41) is 15.0. The van der Waals surface area contributed by atoms with E-state index < -0.39 is 6.10 Å². The summed E-state index contributed by atoms with van der Waals surface area (Å²) >= 11 is 12.4. The Labute approximate surface area is 173 Å². The van der Waals surface area contributed by atoms with Gasteiger partial charge in [0.05, 0.1) is 28.6 Å². The van der Waals surface area contributed by atoms with Crippen LogP contribution in [0, 0.1) is 6.92 Å². The molecular weight excluding hydrogens is 393 g/mol. The van der Waals surface area contributed by atoms with Gasteiger partial charge in [0.1, 0.15) is 5.69 Å². The Bertz CT molecular complexity index is 1070. The van der Waals surface area contributed by atoms with E-state index in [0.29, 0.717) is 33.7 Å². The molecule has 0 saturated heterocycles. The van der Waals surface area contributed by atoms with Crippen molar-refractivity contribution in [1.29, 1.82) is 0 Å². The maximum atomic E-state index is 10.5. The number of nitrogens with zero attached hydrogens (tertiary/aromatic N) is 2. The van der Waals surface area contributed by atoms with Gasteiger partial charge in [0, 0.05) is 17.0 Å². The van der Waals surface area contributed by atoms with Gasteiger partial charge in [0.15, 0.2) is 5.82 Å². The molecule has 0 aliphatic heterocycles. The Hall–Kier alpha value is -2.40. The van der Waals surface area contributed by atoms with Crippen molar-refractivity contribution in [3.05, 3.63) is 81.6 Å². The van der Waals surface area contributed by atoms with Crippen LogP contribution in [0.15, 0.2) is 49.0 Å². The zero-order valence-electron chi connectivity index (χ0n) is 15.3. The molecule has 0 unspecified atom stereocenters. The summed E-state index contributed by atoms with van der Waals surface area (Å²) in [6.45, 7) is 5.75. The molecule has 6 heteroatoms. The van der Waals surface area contributed by atoms with Gasteiger partial charge in [-0.3, -0.25) is 0 Å². The highest BCUT2D eigenvalue weighted by atomic mass is 35.5. The van der Waals surface area contributed by atoms with Crippen LogP contribution in [0.5, 0.6) is 0 Å². The number of fused-ring (bicyclic) bond motifs is 1. The van der Waals surface area contributed by atoms with Crippen molar-refractivity contribution >= 4 is 35.1 Å². The summed E-state index contributed by atoms with van der Waals surface area (Å²) in [7, 11) is 0. The standard InChI is InChI=1S/C22H19Cl2N3O/c1-3-18-22(27-21-15-7-5-4-6-13(15)10-19(21)28)25-12(2)20(26-18)16-9-8-14(23)11-17(16)24/h3-9,11,19,21,28H,1,10H2,2H3,(H,25,27)/t19-,21+/m0/s1. The van der Waals surface area contributed by atoms with Gasteiger partial charge in [0.2, 0.25) is 0 Å². The first kappa shape index (κ1) is 18.9. The third-order valence-corrected chi connectivity index (χ3v) is 5.52. The van der Waals surface area contributed by atoms with Crippen molar-refractivity contribution in [1.82, 2.24) is 9.97 Å². The summed E-state index contributed by atoms with van der Waals surface area (Å²) in [4.78, 5) is 9.43. The number of hydrogen-bond donors (Lipinski definition) is 2. The minimum absolute atomic E-state index is 0.242. The number of aliphatic hydroxyl groups excluding tert-OH is 1. The Morgan fingerprint density at radius 2 is 1.96 bits per heavy atom. The van der Waals surface area contributed by atoms with Crippen molar-refractivity contribution in [2.75, 3.05) is 5.32 Å². The second-order valence-electron chi connectivity index (χ2n) is 6.81. The minimum atomic E-state index is -0.525. The van der Waals surface area contributed by atoms with E-state index >= 15 is 0 Å². The van der Waals surface area contributed by atoms with Crippen LogP contribution in [0.1, 0.15) is 28.6 Å². The lowest BCUT2D eigenvalue weighted by atomic mass is 10.1. The number of halogens is 2. The molecule has 4 rings (SSSR count). The van der Waals surface area contributed by atoms with Crippen LogP contribution in [0.4, 0.5) is 5.82 Å². The zero-order valence-corrected chi connectivity index (χ0v) is 16.8. The number of aromatic nitrogens is 2.